The Kier molecular flexibility index (Phi) is 4.11. The summed E-state index contributed by atoms with van der Waals surface area (Å²) in [6.45, 7) is 4.09. The molecule has 1 fully saturated rings. The number of carbonyl (C=O) groups is 1. The SMILES string of the molecule is CCC(CN)(CC1CCC(C)O1)C(=O)O. The summed E-state index contributed by atoms with van der Waals surface area (Å²) in [6, 6.07) is 0. The van der Waals surface area contributed by atoms with E-state index in [2.05, 4.69) is 0 Å². The van der Waals surface area contributed by atoms with E-state index in [-0.39, 0.29) is 18.8 Å². The summed E-state index contributed by atoms with van der Waals surface area (Å²) in [5.41, 5.74) is 4.80. The van der Waals surface area contributed by atoms with E-state index in [1.54, 1.807) is 0 Å². The molecule has 1 rings (SSSR count). The van der Waals surface area contributed by atoms with Crippen molar-refractivity contribution in [3.63, 3.8) is 0 Å². The molecule has 15 heavy (non-hydrogen) atoms. The van der Waals surface area contributed by atoms with Crippen LogP contribution in [0.25, 0.3) is 0 Å². The lowest BCUT2D eigenvalue weighted by atomic mass is 9.79. The van der Waals surface area contributed by atoms with E-state index >= 15 is 0 Å². The Balaban J connectivity index is 2.62. The molecule has 0 amide bonds. The second-order valence-corrected chi connectivity index (χ2v) is 4.49. The molecule has 3 unspecified atom stereocenters. The molecule has 3 N–H and O–H groups in total. The third-order valence-corrected chi connectivity index (χ3v) is 3.46. The maximum Gasteiger partial charge on any atom is 0.311 e. The van der Waals surface area contributed by atoms with Crippen LogP contribution in [0, 0.1) is 5.41 Å². The Bertz CT molecular complexity index is 226. The van der Waals surface area contributed by atoms with E-state index in [9.17, 15) is 9.90 Å². The lowest BCUT2D eigenvalue weighted by Crippen LogP contribution is -2.41. The van der Waals surface area contributed by atoms with Gasteiger partial charge in [0.2, 0.25) is 0 Å². The van der Waals surface area contributed by atoms with Gasteiger partial charge in [-0.3, -0.25) is 4.79 Å². The second kappa shape index (κ2) is 4.94. The summed E-state index contributed by atoms with van der Waals surface area (Å²) < 4.78 is 5.65. The standard InChI is InChI=1S/C11H21NO3/c1-3-11(7-12,10(13)14)6-9-5-4-8(2)15-9/h8-9H,3-7,12H2,1-2H3,(H,13,14). The molecule has 4 heteroatoms. The molecule has 1 saturated heterocycles. The van der Waals surface area contributed by atoms with Crippen molar-refractivity contribution in [2.45, 2.75) is 51.7 Å². The minimum absolute atomic E-state index is 0.0691. The maximum atomic E-state index is 11.2. The lowest BCUT2D eigenvalue weighted by Gasteiger charge is -2.29. The molecular weight excluding hydrogens is 194 g/mol. The van der Waals surface area contributed by atoms with Crippen molar-refractivity contribution in [1.82, 2.24) is 0 Å². The van der Waals surface area contributed by atoms with Gasteiger partial charge in [0.15, 0.2) is 0 Å². The number of rotatable bonds is 5. The van der Waals surface area contributed by atoms with Crippen LogP contribution in [-0.4, -0.2) is 29.8 Å². The van der Waals surface area contributed by atoms with Gasteiger partial charge >= 0.3 is 5.97 Å². The molecule has 0 aromatic heterocycles. The highest BCUT2D eigenvalue weighted by atomic mass is 16.5. The highest BCUT2D eigenvalue weighted by Gasteiger charge is 2.39. The van der Waals surface area contributed by atoms with Gasteiger partial charge in [-0.05, 0) is 32.6 Å². The van der Waals surface area contributed by atoms with Gasteiger partial charge in [0, 0.05) is 6.54 Å². The highest BCUT2D eigenvalue weighted by molar-refractivity contribution is 5.74. The van der Waals surface area contributed by atoms with E-state index in [0.29, 0.717) is 12.8 Å². The smallest absolute Gasteiger partial charge is 0.311 e. The Hall–Kier alpha value is -0.610. The van der Waals surface area contributed by atoms with Gasteiger partial charge in [-0.2, -0.15) is 0 Å². The molecule has 88 valence electrons. The predicted octanol–water partition coefficient (Wildman–Crippen LogP) is 1.38. The Labute approximate surface area is 90.8 Å². The average Bonchev–Trinajstić information content (AvgIpc) is 2.60. The lowest BCUT2D eigenvalue weighted by molar-refractivity contribution is -0.151. The average molecular weight is 215 g/mol. The predicted molar refractivity (Wildman–Crippen MR) is 57.6 cm³/mol. The van der Waals surface area contributed by atoms with E-state index in [1.807, 2.05) is 13.8 Å². The number of ether oxygens (including phenoxy) is 1. The van der Waals surface area contributed by atoms with Crippen molar-refractivity contribution >= 4 is 5.97 Å². The van der Waals surface area contributed by atoms with Gasteiger partial charge in [0.05, 0.1) is 17.6 Å². The Morgan fingerprint density at radius 3 is 2.60 bits per heavy atom. The summed E-state index contributed by atoms with van der Waals surface area (Å²) in [5, 5.41) is 9.21. The molecule has 0 aromatic carbocycles. The van der Waals surface area contributed by atoms with Crippen LogP contribution in [0.1, 0.15) is 39.5 Å². The Morgan fingerprint density at radius 1 is 1.60 bits per heavy atom. The molecule has 3 atom stereocenters. The van der Waals surface area contributed by atoms with Crippen molar-refractivity contribution in [1.29, 1.82) is 0 Å². The van der Waals surface area contributed by atoms with Crippen LogP contribution < -0.4 is 5.73 Å². The zero-order chi connectivity index (χ0) is 11.5. The van der Waals surface area contributed by atoms with E-state index < -0.39 is 11.4 Å². The monoisotopic (exact) mass is 215 g/mol. The number of carboxylic acid groups (broad SMARTS) is 1. The molecule has 1 heterocycles. The molecule has 0 aliphatic carbocycles. The fourth-order valence-electron chi connectivity index (χ4n) is 2.17. The second-order valence-electron chi connectivity index (χ2n) is 4.49. The largest absolute Gasteiger partial charge is 0.481 e. The van der Waals surface area contributed by atoms with E-state index in [1.165, 1.54) is 0 Å². The first-order valence-corrected chi connectivity index (χ1v) is 5.63. The first-order valence-electron chi connectivity index (χ1n) is 5.63. The summed E-state index contributed by atoms with van der Waals surface area (Å²) in [4.78, 5) is 11.2. The van der Waals surface area contributed by atoms with Crippen LogP contribution in [0.5, 0.6) is 0 Å². The third-order valence-electron chi connectivity index (χ3n) is 3.46. The van der Waals surface area contributed by atoms with Gasteiger partial charge in [0.25, 0.3) is 0 Å². The molecule has 1 aliphatic rings. The molecular formula is C11H21NO3. The fraction of sp³-hybridized carbons (Fsp3) is 0.909. The molecule has 1 aliphatic heterocycles. The molecule has 0 radical (unpaired) electrons. The van der Waals surface area contributed by atoms with Crippen molar-refractivity contribution < 1.29 is 14.6 Å². The number of hydrogen-bond donors (Lipinski definition) is 2. The molecule has 4 nitrogen and oxygen atoms in total. The third kappa shape index (κ3) is 2.69. The number of hydrogen-bond acceptors (Lipinski definition) is 3. The quantitative estimate of drug-likeness (QED) is 0.726. The summed E-state index contributed by atoms with van der Waals surface area (Å²) in [5.74, 6) is -0.796. The van der Waals surface area contributed by atoms with Crippen LogP contribution in [0.4, 0.5) is 0 Å². The Morgan fingerprint density at radius 2 is 2.27 bits per heavy atom. The van der Waals surface area contributed by atoms with Crippen molar-refractivity contribution in [3.8, 4) is 0 Å². The highest BCUT2D eigenvalue weighted by Crippen LogP contribution is 2.33. The zero-order valence-electron chi connectivity index (χ0n) is 9.53. The summed E-state index contributed by atoms with van der Waals surface area (Å²) in [7, 11) is 0. The minimum Gasteiger partial charge on any atom is -0.481 e. The van der Waals surface area contributed by atoms with E-state index in [0.717, 1.165) is 12.8 Å². The minimum atomic E-state index is -0.797. The number of aliphatic carboxylic acids is 1. The molecule has 0 aromatic rings. The van der Waals surface area contributed by atoms with Crippen LogP contribution >= 0.6 is 0 Å². The van der Waals surface area contributed by atoms with E-state index in [4.69, 9.17) is 10.5 Å². The first kappa shape index (κ1) is 12.5. The first-order chi connectivity index (χ1) is 7.04. The van der Waals surface area contributed by atoms with Crippen LogP contribution in [0.3, 0.4) is 0 Å². The molecule has 0 spiro atoms. The van der Waals surface area contributed by atoms with Crippen molar-refractivity contribution in [2.24, 2.45) is 11.1 Å². The maximum absolute atomic E-state index is 11.2. The van der Waals surface area contributed by atoms with Gasteiger partial charge < -0.3 is 15.6 Å². The molecule has 0 bridgehead atoms. The van der Waals surface area contributed by atoms with Gasteiger partial charge in [-0.25, -0.2) is 0 Å². The normalized spacial score (nSPS) is 30.1. The topological polar surface area (TPSA) is 72.5 Å². The fourth-order valence-corrected chi connectivity index (χ4v) is 2.17. The van der Waals surface area contributed by atoms with Crippen LogP contribution in [0.2, 0.25) is 0 Å². The van der Waals surface area contributed by atoms with Crippen molar-refractivity contribution in [2.75, 3.05) is 6.54 Å². The van der Waals surface area contributed by atoms with Crippen molar-refractivity contribution in [3.05, 3.63) is 0 Å². The summed E-state index contributed by atoms with van der Waals surface area (Å²) in [6.07, 6.45) is 3.41. The number of nitrogens with two attached hydrogens (primary N) is 1. The molecule has 0 saturated carbocycles. The summed E-state index contributed by atoms with van der Waals surface area (Å²) >= 11 is 0. The van der Waals surface area contributed by atoms with Gasteiger partial charge in [-0.15, -0.1) is 0 Å². The van der Waals surface area contributed by atoms with Gasteiger partial charge in [-0.1, -0.05) is 6.92 Å². The van der Waals surface area contributed by atoms with Gasteiger partial charge in [0.1, 0.15) is 0 Å². The zero-order valence-corrected chi connectivity index (χ0v) is 9.53. The van der Waals surface area contributed by atoms with Crippen LogP contribution in [0.15, 0.2) is 0 Å². The number of carboxylic acids is 1. The van der Waals surface area contributed by atoms with Crippen LogP contribution in [-0.2, 0) is 9.53 Å².